The van der Waals surface area contributed by atoms with Crippen LogP contribution in [0.25, 0.3) is 0 Å². The van der Waals surface area contributed by atoms with Gasteiger partial charge in [0, 0.05) is 14.2 Å². The van der Waals surface area contributed by atoms with Gasteiger partial charge in [0.2, 0.25) is 0 Å². The van der Waals surface area contributed by atoms with Crippen molar-refractivity contribution in [3.8, 4) is 0 Å². The molecule has 0 aromatic rings. The van der Waals surface area contributed by atoms with Gasteiger partial charge in [0.1, 0.15) is 5.84 Å². The first-order valence-corrected chi connectivity index (χ1v) is 3.44. The summed E-state index contributed by atoms with van der Waals surface area (Å²) in [5.74, 6) is 0.511. The zero-order valence-corrected chi connectivity index (χ0v) is 7.00. The molecule has 0 bridgehead atoms. The Morgan fingerprint density at radius 3 is 3.00 bits per heavy atom. The van der Waals surface area contributed by atoms with E-state index in [0.717, 1.165) is 0 Å². The molecule has 0 aromatic heterocycles. The predicted molar refractivity (Wildman–Crippen MR) is 46.6 cm³/mol. The zero-order chi connectivity index (χ0) is 8.53. The van der Waals surface area contributed by atoms with Crippen molar-refractivity contribution in [1.29, 1.82) is 0 Å². The molecule has 0 saturated carbocycles. The average Bonchev–Trinajstić information content (AvgIpc) is 2.01. The maximum Gasteiger partial charge on any atom is 0.119 e. The van der Waals surface area contributed by atoms with E-state index in [1.807, 2.05) is 0 Å². The van der Waals surface area contributed by atoms with Crippen LogP contribution in [0, 0.1) is 0 Å². The largest absolute Gasteiger partial charge is 0.394 e. The molecule has 0 aliphatic carbocycles. The number of ether oxygens (including phenoxy) is 1. The highest BCUT2D eigenvalue weighted by Gasteiger charge is 1.82. The van der Waals surface area contributed by atoms with Crippen molar-refractivity contribution >= 4 is 5.84 Å². The van der Waals surface area contributed by atoms with E-state index in [9.17, 15) is 0 Å². The average molecular weight is 157 g/mol. The molecular formula is C7H15N3O. The summed E-state index contributed by atoms with van der Waals surface area (Å²) >= 11 is 0. The van der Waals surface area contributed by atoms with E-state index < -0.39 is 0 Å². The van der Waals surface area contributed by atoms with Gasteiger partial charge in [0.05, 0.1) is 13.2 Å². The second-order valence-corrected chi connectivity index (χ2v) is 1.92. The van der Waals surface area contributed by atoms with Crippen LogP contribution in [0.4, 0.5) is 0 Å². The molecular weight excluding hydrogens is 142 g/mol. The van der Waals surface area contributed by atoms with Crippen LogP contribution in [0.3, 0.4) is 0 Å². The Bertz CT molecular complexity index is 143. The molecule has 0 rings (SSSR count). The van der Waals surface area contributed by atoms with Crippen molar-refractivity contribution in [3.63, 3.8) is 0 Å². The maximum absolute atomic E-state index is 5.47. The zero-order valence-electron chi connectivity index (χ0n) is 7.00. The van der Waals surface area contributed by atoms with Gasteiger partial charge in [0.25, 0.3) is 0 Å². The standard InChI is InChI=1S/C7H15N3O/c1-9-4-3-7(8)10-5-6-11-2/h3-4,9H,5-6H2,1-2H3,(H2,8,10)/b4-3-. The number of rotatable bonds is 5. The van der Waals surface area contributed by atoms with Gasteiger partial charge in [-0.15, -0.1) is 0 Å². The minimum absolute atomic E-state index is 0.511. The number of aliphatic imine (C=N–C) groups is 1. The van der Waals surface area contributed by atoms with Crippen LogP contribution < -0.4 is 11.1 Å². The van der Waals surface area contributed by atoms with Gasteiger partial charge in [-0.1, -0.05) is 0 Å². The summed E-state index contributed by atoms with van der Waals surface area (Å²) in [6, 6.07) is 0. The third kappa shape index (κ3) is 6.86. The number of hydrogen-bond acceptors (Lipinski definition) is 3. The lowest BCUT2D eigenvalue weighted by Gasteiger charge is -1.93. The van der Waals surface area contributed by atoms with Crippen molar-refractivity contribution in [3.05, 3.63) is 12.3 Å². The Hall–Kier alpha value is -1.03. The monoisotopic (exact) mass is 157 g/mol. The Morgan fingerprint density at radius 2 is 2.45 bits per heavy atom. The lowest BCUT2D eigenvalue weighted by atomic mass is 10.5. The third-order valence-electron chi connectivity index (χ3n) is 1.01. The van der Waals surface area contributed by atoms with Gasteiger partial charge in [-0.3, -0.25) is 4.99 Å². The highest BCUT2D eigenvalue weighted by atomic mass is 16.5. The molecule has 3 N–H and O–H groups in total. The molecule has 0 aliphatic heterocycles. The molecule has 11 heavy (non-hydrogen) atoms. The van der Waals surface area contributed by atoms with E-state index in [0.29, 0.717) is 19.0 Å². The topological polar surface area (TPSA) is 59.6 Å². The van der Waals surface area contributed by atoms with Crippen molar-refractivity contribution in [2.75, 3.05) is 27.3 Å². The summed E-state index contributed by atoms with van der Waals surface area (Å²) in [4.78, 5) is 3.99. The van der Waals surface area contributed by atoms with Gasteiger partial charge in [-0.25, -0.2) is 0 Å². The number of nitrogens with zero attached hydrogens (tertiary/aromatic N) is 1. The van der Waals surface area contributed by atoms with Crippen molar-refractivity contribution in [2.24, 2.45) is 10.7 Å². The molecule has 0 fully saturated rings. The Morgan fingerprint density at radius 1 is 1.73 bits per heavy atom. The highest BCUT2D eigenvalue weighted by Crippen LogP contribution is 1.75. The molecule has 64 valence electrons. The molecule has 0 aliphatic rings. The van der Waals surface area contributed by atoms with Crippen molar-refractivity contribution in [2.45, 2.75) is 0 Å². The van der Waals surface area contributed by atoms with E-state index >= 15 is 0 Å². The van der Waals surface area contributed by atoms with Gasteiger partial charge < -0.3 is 15.8 Å². The fourth-order valence-electron chi connectivity index (χ4n) is 0.487. The summed E-state index contributed by atoms with van der Waals surface area (Å²) in [6.45, 7) is 1.21. The first kappa shape index (κ1) is 9.97. The summed E-state index contributed by atoms with van der Waals surface area (Å²) in [7, 11) is 3.44. The number of hydrogen-bond donors (Lipinski definition) is 2. The number of nitrogens with two attached hydrogens (primary N) is 1. The molecule has 4 heteroatoms. The second-order valence-electron chi connectivity index (χ2n) is 1.92. The minimum atomic E-state index is 0.511. The Labute approximate surface area is 67.1 Å². The molecule has 0 unspecified atom stereocenters. The van der Waals surface area contributed by atoms with Crippen LogP contribution in [0.15, 0.2) is 17.3 Å². The Kier molecular flexibility index (Phi) is 6.42. The van der Waals surface area contributed by atoms with E-state index in [1.54, 1.807) is 26.4 Å². The van der Waals surface area contributed by atoms with E-state index in [1.165, 1.54) is 0 Å². The predicted octanol–water partition coefficient (Wildman–Crippen LogP) is -0.277. The molecule has 4 nitrogen and oxygen atoms in total. The summed E-state index contributed by atoms with van der Waals surface area (Å²) in [5, 5.41) is 2.82. The third-order valence-corrected chi connectivity index (χ3v) is 1.01. The molecule has 0 aromatic carbocycles. The number of methoxy groups -OCH3 is 1. The van der Waals surface area contributed by atoms with Gasteiger partial charge >= 0.3 is 0 Å². The fourth-order valence-corrected chi connectivity index (χ4v) is 0.487. The molecule has 0 spiro atoms. The Balaban J connectivity index is 3.53. The molecule has 0 atom stereocenters. The van der Waals surface area contributed by atoms with Crippen LogP contribution >= 0.6 is 0 Å². The summed E-state index contributed by atoms with van der Waals surface area (Å²) < 4.78 is 4.79. The van der Waals surface area contributed by atoms with Crippen LogP contribution in [-0.4, -0.2) is 33.1 Å². The SMILES string of the molecule is CN/C=C\C(N)=NCCOC. The quantitative estimate of drug-likeness (QED) is 0.328. The lowest BCUT2D eigenvalue weighted by molar-refractivity contribution is 0.208. The van der Waals surface area contributed by atoms with Crippen molar-refractivity contribution < 1.29 is 4.74 Å². The first-order valence-electron chi connectivity index (χ1n) is 3.44. The summed E-state index contributed by atoms with van der Waals surface area (Å²) in [5.41, 5.74) is 5.47. The normalized spacial score (nSPS) is 12.4. The smallest absolute Gasteiger partial charge is 0.119 e. The molecule has 0 radical (unpaired) electrons. The van der Waals surface area contributed by atoms with E-state index in [2.05, 4.69) is 10.3 Å². The van der Waals surface area contributed by atoms with Gasteiger partial charge in [-0.05, 0) is 12.3 Å². The van der Waals surface area contributed by atoms with Gasteiger partial charge in [0.15, 0.2) is 0 Å². The number of nitrogens with one attached hydrogen (secondary N) is 1. The van der Waals surface area contributed by atoms with E-state index in [-0.39, 0.29) is 0 Å². The maximum atomic E-state index is 5.47. The molecule has 0 heterocycles. The first-order chi connectivity index (χ1) is 5.31. The molecule has 0 saturated heterocycles. The highest BCUT2D eigenvalue weighted by molar-refractivity contribution is 5.91. The van der Waals surface area contributed by atoms with Crippen molar-refractivity contribution in [1.82, 2.24) is 5.32 Å². The van der Waals surface area contributed by atoms with E-state index in [4.69, 9.17) is 10.5 Å². The molecule has 0 amide bonds. The van der Waals surface area contributed by atoms with Crippen LogP contribution in [-0.2, 0) is 4.74 Å². The number of amidine groups is 1. The van der Waals surface area contributed by atoms with Crippen LogP contribution in [0.5, 0.6) is 0 Å². The van der Waals surface area contributed by atoms with Gasteiger partial charge in [-0.2, -0.15) is 0 Å². The minimum Gasteiger partial charge on any atom is -0.394 e. The summed E-state index contributed by atoms with van der Waals surface area (Å²) in [6.07, 6.45) is 3.43. The van der Waals surface area contributed by atoms with Crippen LogP contribution in [0.1, 0.15) is 0 Å². The lowest BCUT2D eigenvalue weighted by Crippen LogP contribution is -2.11. The fraction of sp³-hybridized carbons (Fsp3) is 0.571. The van der Waals surface area contributed by atoms with Crippen LogP contribution in [0.2, 0.25) is 0 Å². The second kappa shape index (κ2) is 7.08.